The van der Waals surface area contributed by atoms with Gasteiger partial charge in [0.15, 0.2) is 0 Å². The maximum atomic E-state index is 12.5. The highest BCUT2D eigenvalue weighted by atomic mass is 32.2. The minimum Gasteiger partial charge on any atom is -0.383 e. The maximum Gasteiger partial charge on any atom is 0.233 e. The molecule has 0 aliphatic carbocycles. The van der Waals surface area contributed by atoms with Gasteiger partial charge in [-0.1, -0.05) is 18.7 Å². The predicted molar refractivity (Wildman–Crippen MR) is 88.4 cm³/mol. The lowest BCUT2D eigenvalue weighted by Crippen LogP contribution is -2.44. The molecule has 1 saturated heterocycles. The molecule has 0 unspecified atom stereocenters. The fourth-order valence-electron chi connectivity index (χ4n) is 2.76. The molecule has 120 valence electrons. The van der Waals surface area contributed by atoms with E-state index in [4.69, 9.17) is 11.0 Å². The number of rotatable bonds is 4. The first kappa shape index (κ1) is 17.1. The molecule has 7 heteroatoms. The third-order valence-corrected chi connectivity index (χ3v) is 4.98. The molecule has 1 aromatic rings. The number of amides is 1. The summed E-state index contributed by atoms with van der Waals surface area (Å²) in [5.74, 6) is 0.379. The molecule has 1 aliphatic rings. The molecule has 2 heterocycles. The molecule has 0 aromatic carbocycles. The number of likely N-dealkylation sites (tertiary alicyclic amines) is 1. The molecule has 1 aliphatic heterocycles. The topological polar surface area (TPSA) is 107 Å². The summed E-state index contributed by atoms with van der Waals surface area (Å²) in [7, 11) is 0. The van der Waals surface area contributed by atoms with E-state index in [9.17, 15) is 10.1 Å². The number of thioether (sulfide) groups is 1. The van der Waals surface area contributed by atoms with E-state index in [2.05, 4.69) is 11.9 Å². The Labute approximate surface area is 140 Å². The molecule has 2 rings (SSSR count). The highest BCUT2D eigenvalue weighted by molar-refractivity contribution is 8.00. The SMILES string of the molecule is CC[C@H]1CCCCN1C(=O)CSc1nc(N)c(C#N)cc1C#N. The van der Waals surface area contributed by atoms with Gasteiger partial charge in [-0.05, 0) is 31.7 Å². The van der Waals surface area contributed by atoms with Crippen LogP contribution in [0.1, 0.15) is 43.7 Å². The number of nitrogens with two attached hydrogens (primary N) is 1. The standard InChI is InChI=1S/C16H19N5OS/c1-2-13-5-3-4-6-21(13)14(22)10-23-16-12(9-18)7-11(8-17)15(19)20-16/h7,13H,2-6,10H2,1H3,(H2,19,20)/t13-/m0/s1. The van der Waals surface area contributed by atoms with Crippen molar-refractivity contribution in [1.82, 2.24) is 9.88 Å². The Balaban J connectivity index is 2.08. The van der Waals surface area contributed by atoms with Crippen molar-refractivity contribution in [3.63, 3.8) is 0 Å². The molecule has 6 nitrogen and oxygen atoms in total. The number of hydrogen-bond acceptors (Lipinski definition) is 6. The molecule has 2 N–H and O–H groups in total. The lowest BCUT2D eigenvalue weighted by Gasteiger charge is -2.35. The van der Waals surface area contributed by atoms with Gasteiger partial charge in [0.2, 0.25) is 5.91 Å². The van der Waals surface area contributed by atoms with E-state index in [0.29, 0.717) is 11.1 Å². The van der Waals surface area contributed by atoms with Crippen molar-refractivity contribution in [3.8, 4) is 12.1 Å². The summed E-state index contributed by atoms with van der Waals surface area (Å²) < 4.78 is 0. The van der Waals surface area contributed by atoms with E-state index in [-0.39, 0.29) is 28.6 Å². The largest absolute Gasteiger partial charge is 0.383 e. The molecule has 1 aromatic heterocycles. The number of pyridine rings is 1. The first-order valence-corrected chi connectivity index (χ1v) is 8.62. The second-order valence-electron chi connectivity index (χ2n) is 5.43. The number of piperidine rings is 1. The number of nitrogen functional groups attached to an aromatic ring is 1. The number of aromatic nitrogens is 1. The predicted octanol–water partition coefficient (Wildman–Crippen LogP) is 2.29. The van der Waals surface area contributed by atoms with Gasteiger partial charge >= 0.3 is 0 Å². The van der Waals surface area contributed by atoms with Gasteiger partial charge < -0.3 is 10.6 Å². The Morgan fingerprint density at radius 3 is 2.83 bits per heavy atom. The monoisotopic (exact) mass is 329 g/mol. The molecule has 1 amide bonds. The smallest absolute Gasteiger partial charge is 0.233 e. The first-order chi connectivity index (χ1) is 11.1. The maximum absolute atomic E-state index is 12.5. The summed E-state index contributed by atoms with van der Waals surface area (Å²) >= 11 is 1.21. The number of hydrogen-bond donors (Lipinski definition) is 1. The zero-order valence-corrected chi connectivity index (χ0v) is 13.9. The highest BCUT2D eigenvalue weighted by Crippen LogP contribution is 2.26. The Hall–Kier alpha value is -2.25. The lowest BCUT2D eigenvalue weighted by molar-refractivity contribution is -0.132. The van der Waals surface area contributed by atoms with Crippen molar-refractivity contribution in [2.24, 2.45) is 0 Å². The van der Waals surface area contributed by atoms with Crippen LogP contribution in [-0.4, -0.2) is 34.1 Å². The average Bonchev–Trinajstić information content (AvgIpc) is 2.59. The van der Waals surface area contributed by atoms with Gasteiger partial charge in [0, 0.05) is 12.6 Å². The van der Waals surface area contributed by atoms with Crippen LogP contribution in [0.25, 0.3) is 0 Å². The van der Waals surface area contributed by atoms with Gasteiger partial charge in [0.1, 0.15) is 23.0 Å². The summed E-state index contributed by atoms with van der Waals surface area (Å²) in [6.45, 7) is 2.89. The van der Waals surface area contributed by atoms with Crippen LogP contribution in [0.4, 0.5) is 5.82 Å². The quantitative estimate of drug-likeness (QED) is 0.849. The van der Waals surface area contributed by atoms with E-state index in [1.807, 2.05) is 17.0 Å². The minimum atomic E-state index is 0.0650. The van der Waals surface area contributed by atoms with Crippen molar-refractivity contribution in [1.29, 1.82) is 10.5 Å². The van der Waals surface area contributed by atoms with E-state index >= 15 is 0 Å². The van der Waals surface area contributed by atoms with E-state index < -0.39 is 0 Å². The molecule has 0 bridgehead atoms. The summed E-state index contributed by atoms with van der Waals surface area (Å²) in [6, 6.07) is 5.64. The van der Waals surface area contributed by atoms with Crippen LogP contribution in [0.15, 0.2) is 11.1 Å². The zero-order chi connectivity index (χ0) is 16.8. The minimum absolute atomic E-state index is 0.0650. The fraction of sp³-hybridized carbons (Fsp3) is 0.500. The number of carbonyl (C=O) groups excluding carboxylic acids is 1. The van der Waals surface area contributed by atoms with Crippen LogP contribution in [0, 0.1) is 22.7 Å². The van der Waals surface area contributed by atoms with Gasteiger partial charge in [0.25, 0.3) is 0 Å². The van der Waals surface area contributed by atoms with E-state index in [1.165, 1.54) is 24.2 Å². The van der Waals surface area contributed by atoms with Gasteiger partial charge in [-0.25, -0.2) is 4.98 Å². The van der Waals surface area contributed by atoms with Crippen LogP contribution in [0.5, 0.6) is 0 Å². The Morgan fingerprint density at radius 2 is 2.17 bits per heavy atom. The molecule has 1 atom stereocenters. The summed E-state index contributed by atoms with van der Waals surface area (Å²) in [5, 5.41) is 18.5. The van der Waals surface area contributed by atoms with Crippen LogP contribution in [0.2, 0.25) is 0 Å². The molecule has 0 radical (unpaired) electrons. The summed E-state index contributed by atoms with van der Waals surface area (Å²) in [5.41, 5.74) is 6.15. The van der Waals surface area contributed by atoms with Gasteiger partial charge in [-0.3, -0.25) is 4.79 Å². The average molecular weight is 329 g/mol. The van der Waals surface area contributed by atoms with Gasteiger partial charge in [0.05, 0.1) is 16.9 Å². The van der Waals surface area contributed by atoms with Crippen LogP contribution in [-0.2, 0) is 4.79 Å². The van der Waals surface area contributed by atoms with Gasteiger partial charge in [-0.15, -0.1) is 0 Å². The number of anilines is 1. The number of nitrogens with zero attached hydrogens (tertiary/aromatic N) is 4. The third kappa shape index (κ3) is 3.94. The van der Waals surface area contributed by atoms with E-state index in [1.54, 1.807) is 0 Å². The normalized spacial score (nSPS) is 17.3. The lowest BCUT2D eigenvalue weighted by atomic mass is 10.0. The molecule has 0 spiro atoms. The fourth-order valence-corrected chi connectivity index (χ4v) is 3.60. The number of carbonyl (C=O) groups is 1. The van der Waals surface area contributed by atoms with Crippen molar-refractivity contribution in [2.45, 2.75) is 43.7 Å². The third-order valence-electron chi connectivity index (χ3n) is 4.01. The molecule has 0 saturated carbocycles. The highest BCUT2D eigenvalue weighted by Gasteiger charge is 2.25. The van der Waals surface area contributed by atoms with E-state index in [0.717, 1.165) is 25.8 Å². The molecular formula is C16H19N5OS. The second-order valence-corrected chi connectivity index (χ2v) is 6.40. The Bertz CT molecular complexity index is 676. The van der Waals surface area contributed by atoms with Crippen LogP contribution >= 0.6 is 11.8 Å². The van der Waals surface area contributed by atoms with Crippen molar-refractivity contribution < 1.29 is 4.79 Å². The zero-order valence-electron chi connectivity index (χ0n) is 13.1. The molecular weight excluding hydrogens is 310 g/mol. The Morgan fingerprint density at radius 1 is 1.43 bits per heavy atom. The summed E-state index contributed by atoms with van der Waals surface area (Å²) in [6.07, 6.45) is 4.22. The first-order valence-electron chi connectivity index (χ1n) is 7.63. The molecule has 1 fully saturated rings. The number of nitriles is 2. The molecule has 23 heavy (non-hydrogen) atoms. The summed E-state index contributed by atoms with van der Waals surface area (Å²) in [4.78, 5) is 18.5. The van der Waals surface area contributed by atoms with Crippen molar-refractivity contribution in [3.05, 3.63) is 17.2 Å². The van der Waals surface area contributed by atoms with Crippen LogP contribution in [0.3, 0.4) is 0 Å². The van der Waals surface area contributed by atoms with Gasteiger partial charge in [-0.2, -0.15) is 10.5 Å². The van der Waals surface area contributed by atoms with Crippen molar-refractivity contribution in [2.75, 3.05) is 18.0 Å². The van der Waals surface area contributed by atoms with Crippen molar-refractivity contribution >= 4 is 23.5 Å². The second kappa shape index (κ2) is 7.85. The Kier molecular flexibility index (Phi) is 5.84. The van der Waals surface area contributed by atoms with Crippen LogP contribution < -0.4 is 5.73 Å².